The van der Waals surface area contributed by atoms with Gasteiger partial charge in [-0.2, -0.15) is 0 Å². The van der Waals surface area contributed by atoms with Gasteiger partial charge in [-0.05, 0) is 37.6 Å². The summed E-state index contributed by atoms with van der Waals surface area (Å²) < 4.78 is 0. The van der Waals surface area contributed by atoms with E-state index in [4.69, 9.17) is 23.2 Å². The Morgan fingerprint density at radius 1 is 1.17 bits per heavy atom. The molecule has 1 aromatic heterocycles. The first-order valence-corrected chi connectivity index (χ1v) is 6.47. The molecule has 2 rings (SSSR count). The molecule has 0 aliphatic carbocycles. The molecule has 0 aliphatic rings. The lowest BCUT2D eigenvalue weighted by Gasteiger charge is -2.18. The van der Waals surface area contributed by atoms with E-state index in [-0.39, 0.29) is 6.04 Å². The van der Waals surface area contributed by atoms with Crippen molar-refractivity contribution in [1.29, 1.82) is 0 Å². The number of nitrogens with one attached hydrogen (secondary N) is 1. The summed E-state index contributed by atoms with van der Waals surface area (Å²) in [5, 5.41) is 4.56. The molecule has 1 atom stereocenters. The number of aryl methyl sites for hydroxylation is 1. The number of anilines is 1. The molecule has 4 heteroatoms. The second-order valence-corrected chi connectivity index (χ2v) is 4.93. The number of hydrogen-bond donors (Lipinski definition) is 1. The van der Waals surface area contributed by atoms with Gasteiger partial charge in [0.15, 0.2) is 0 Å². The van der Waals surface area contributed by atoms with Crippen LogP contribution in [-0.4, -0.2) is 4.98 Å². The van der Waals surface area contributed by atoms with Crippen LogP contribution < -0.4 is 5.32 Å². The zero-order valence-corrected chi connectivity index (χ0v) is 11.8. The zero-order chi connectivity index (χ0) is 13.1. The third-order valence-corrected chi connectivity index (χ3v) is 3.66. The molecule has 1 N–H and O–H groups in total. The highest BCUT2D eigenvalue weighted by Gasteiger charge is 2.12. The largest absolute Gasteiger partial charge is 0.377 e. The first kappa shape index (κ1) is 13.2. The van der Waals surface area contributed by atoms with Crippen molar-refractivity contribution in [3.63, 3.8) is 0 Å². The van der Waals surface area contributed by atoms with Crippen LogP contribution in [0.3, 0.4) is 0 Å². The second kappa shape index (κ2) is 5.59. The molecule has 2 aromatic rings. The predicted molar refractivity (Wildman–Crippen MR) is 77.5 cm³/mol. The van der Waals surface area contributed by atoms with Crippen molar-refractivity contribution in [2.75, 3.05) is 5.32 Å². The molecule has 0 saturated heterocycles. The maximum absolute atomic E-state index is 6.21. The van der Waals surface area contributed by atoms with Gasteiger partial charge in [0.05, 0.1) is 27.5 Å². The fourth-order valence-electron chi connectivity index (χ4n) is 1.80. The third kappa shape index (κ3) is 2.77. The second-order valence-electron chi connectivity index (χ2n) is 4.15. The average molecular weight is 281 g/mol. The Labute approximate surface area is 117 Å². The standard InChI is InChI=1S/C14H14Cl2N2/c1-9(11-5-3-6-12(15)14(11)16)18-13-7-4-8-17-10(13)2/h3-9,18H,1-2H3. The maximum Gasteiger partial charge on any atom is 0.0644 e. The fourth-order valence-corrected chi connectivity index (χ4v) is 2.27. The lowest BCUT2D eigenvalue weighted by atomic mass is 10.1. The van der Waals surface area contributed by atoms with Gasteiger partial charge in [-0.3, -0.25) is 4.98 Å². The van der Waals surface area contributed by atoms with E-state index < -0.39 is 0 Å². The van der Waals surface area contributed by atoms with Crippen molar-refractivity contribution in [3.8, 4) is 0 Å². The Balaban J connectivity index is 2.25. The van der Waals surface area contributed by atoms with E-state index in [2.05, 4.69) is 10.3 Å². The van der Waals surface area contributed by atoms with Gasteiger partial charge >= 0.3 is 0 Å². The summed E-state index contributed by atoms with van der Waals surface area (Å²) in [4.78, 5) is 4.24. The third-order valence-electron chi connectivity index (χ3n) is 2.83. The molecule has 18 heavy (non-hydrogen) atoms. The molecule has 0 fully saturated rings. The van der Waals surface area contributed by atoms with Crippen molar-refractivity contribution >= 4 is 28.9 Å². The summed E-state index contributed by atoms with van der Waals surface area (Å²) in [6.45, 7) is 4.01. The van der Waals surface area contributed by atoms with Gasteiger partial charge in [0.2, 0.25) is 0 Å². The zero-order valence-electron chi connectivity index (χ0n) is 10.2. The number of benzene rings is 1. The summed E-state index contributed by atoms with van der Waals surface area (Å²) in [6.07, 6.45) is 1.78. The highest BCUT2D eigenvalue weighted by molar-refractivity contribution is 6.42. The first-order valence-electron chi connectivity index (χ1n) is 5.71. The summed E-state index contributed by atoms with van der Waals surface area (Å²) in [6, 6.07) is 9.63. The Hall–Kier alpha value is -1.25. The first-order chi connectivity index (χ1) is 8.59. The van der Waals surface area contributed by atoms with Gasteiger partial charge < -0.3 is 5.32 Å². The predicted octanol–water partition coefficient (Wildman–Crippen LogP) is 4.87. The number of hydrogen-bond acceptors (Lipinski definition) is 2. The van der Waals surface area contributed by atoms with Crippen molar-refractivity contribution in [2.45, 2.75) is 19.9 Å². The van der Waals surface area contributed by atoms with Crippen molar-refractivity contribution < 1.29 is 0 Å². The van der Waals surface area contributed by atoms with Crippen LogP contribution in [0.4, 0.5) is 5.69 Å². The minimum atomic E-state index is 0.0686. The lowest BCUT2D eigenvalue weighted by molar-refractivity contribution is 0.879. The van der Waals surface area contributed by atoms with Gasteiger partial charge in [-0.25, -0.2) is 0 Å². The molecule has 0 aliphatic heterocycles. The van der Waals surface area contributed by atoms with E-state index in [9.17, 15) is 0 Å². The minimum absolute atomic E-state index is 0.0686. The minimum Gasteiger partial charge on any atom is -0.377 e. The van der Waals surface area contributed by atoms with Crippen LogP contribution in [-0.2, 0) is 0 Å². The molecule has 0 bridgehead atoms. The van der Waals surface area contributed by atoms with E-state index >= 15 is 0 Å². The van der Waals surface area contributed by atoms with Gasteiger partial charge in [-0.15, -0.1) is 0 Å². The van der Waals surface area contributed by atoms with Crippen molar-refractivity contribution in [3.05, 3.63) is 57.8 Å². The van der Waals surface area contributed by atoms with E-state index in [1.54, 1.807) is 12.3 Å². The van der Waals surface area contributed by atoms with Crippen LogP contribution in [0.25, 0.3) is 0 Å². The average Bonchev–Trinajstić information content (AvgIpc) is 2.35. The molecular weight excluding hydrogens is 267 g/mol. The quantitative estimate of drug-likeness (QED) is 0.868. The molecule has 94 valence electrons. The molecule has 0 spiro atoms. The van der Waals surface area contributed by atoms with E-state index in [0.29, 0.717) is 10.0 Å². The topological polar surface area (TPSA) is 24.9 Å². The number of halogens is 2. The molecule has 0 amide bonds. The molecule has 0 radical (unpaired) electrons. The number of rotatable bonds is 3. The Bertz CT molecular complexity index is 555. The Morgan fingerprint density at radius 2 is 1.94 bits per heavy atom. The van der Waals surface area contributed by atoms with Crippen molar-refractivity contribution in [1.82, 2.24) is 4.98 Å². The molecule has 1 heterocycles. The Morgan fingerprint density at radius 3 is 2.67 bits per heavy atom. The van der Waals surface area contributed by atoms with Crippen molar-refractivity contribution in [2.24, 2.45) is 0 Å². The van der Waals surface area contributed by atoms with Crippen LogP contribution in [0.5, 0.6) is 0 Å². The van der Waals surface area contributed by atoms with Gasteiger partial charge in [0.25, 0.3) is 0 Å². The number of pyridine rings is 1. The van der Waals surface area contributed by atoms with Gasteiger partial charge in [0, 0.05) is 6.20 Å². The molecule has 1 unspecified atom stereocenters. The lowest BCUT2D eigenvalue weighted by Crippen LogP contribution is -2.08. The van der Waals surface area contributed by atoms with E-state index in [1.165, 1.54) is 0 Å². The number of aromatic nitrogens is 1. The van der Waals surface area contributed by atoms with Crippen LogP contribution in [0, 0.1) is 6.92 Å². The number of nitrogens with zero attached hydrogens (tertiary/aromatic N) is 1. The van der Waals surface area contributed by atoms with Crippen LogP contribution in [0.15, 0.2) is 36.5 Å². The summed E-state index contributed by atoms with van der Waals surface area (Å²) in [5.41, 5.74) is 2.94. The smallest absolute Gasteiger partial charge is 0.0644 e. The van der Waals surface area contributed by atoms with E-state index in [1.807, 2.05) is 38.1 Å². The SMILES string of the molecule is Cc1ncccc1NC(C)c1cccc(Cl)c1Cl. The van der Waals surface area contributed by atoms with Gasteiger partial charge in [0.1, 0.15) is 0 Å². The highest BCUT2D eigenvalue weighted by atomic mass is 35.5. The van der Waals surface area contributed by atoms with Crippen LogP contribution in [0.1, 0.15) is 24.2 Å². The molecular formula is C14H14Cl2N2. The van der Waals surface area contributed by atoms with E-state index in [0.717, 1.165) is 16.9 Å². The van der Waals surface area contributed by atoms with Crippen LogP contribution >= 0.6 is 23.2 Å². The highest BCUT2D eigenvalue weighted by Crippen LogP contribution is 2.31. The summed E-state index contributed by atoms with van der Waals surface area (Å²) in [7, 11) is 0. The Kier molecular flexibility index (Phi) is 4.10. The molecule has 0 saturated carbocycles. The maximum atomic E-state index is 6.21. The van der Waals surface area contributed by atoms with Crippen LogP contribution in [0.2, 0.25) is 10.0 Å². The monoisotopic (exact) mass is 280 g/mol. The summed E-state index contributed by atoms with van der Waals surface area (Å²) >= 11 is 12.2. The van der Waals surface area contributed by atoms with Gasteiger partial charge in [-0.1, -0.05) is 35.3 Å². The molecule has 1 aromatic carbocycles. The summed E-state index contributed by atoms with van der Waals surface area (Å²) in [5.74, 6) is 0. The normalized spacial score (nSPS) is 12.2. The molecule has 2 nitrogen and oxygen atoms in total. The fraction of sp³-hybridized carbons (Fsp3) is 0.214.